The van der Waals surface area contributed by atoms with E-state index in [4.69, 9.17) is 0 Å². The molecule has 0 unspecified atom stereocenters. The van der Waals surface area contributed by atoms with E-state index in [-0.39, 0.29) is 5.78 Å². The number of hydrogen-bond donors (Lipinski definition) is 0. The SMILES string of the molecule is CC1=C(c2ccccc2)C=CCC1=O. The summed E-state index contributed by atoms with van der Waals surface area (Å²) < 4.78 is 0. The van der Waals surface area contributed by atoms with Crippen LogP contribution in [0.3, 0.4) is 0 Å². The van der Waals surface area contributed by atoms with Crippen molar-refractivity contribution in [3.63, 3.8) is 0 Å². The van der Waals surface area contributed by atoms with Crippen LogP contribution in [-0.2, 0) is 4.79 Å². The van der Waals surface area contributed by atoms with Gasteiger partial charge in [-0.05, 0) is 18.1 Å². The van der Waals surface area contributed by atoms with Gasteiger partial charge in [0.15, 0.2) is 5.78 Å². The van der Waals surface area contributed by atoms with Gasteiger partial charge in [0.05, 0.1) is 0 Å². The van der Waals surface area contributed by atoms with Gasteiger partial charge in [0.1, 0.15) is 0 Å². The lowest BCUT2D eigenvalue weighted by Gasteiger charge is -2.11. The summed E-state index contributed by atoms with van der Waals surface area (Å²) in [4.78, 5) is 11.5. The van der Waals surface area contributed by atoms with Gasteiger partial charge in [0.25, 0.3) is 0 Å². The number of carbonyl (C=O) groups is 1. The fourth-order valence-corrected chi connectivity index (χ4v) is 1.64. The Labute approximate surface area is 83.8 Å². The summed E-state index contributed by atoms with van der Waals surface area (Å²) in [5.41, 5.74) is 3.05. The van der Waals surface area contributed by atoms with E-state index in [1.165, 1.54) is 0 Å². The van der Waals surface area contributed by atoms with Gasteiger partial charge < -0.3 is 0 Å². The molecule has 1 aromatic carbocycles. The van der Waals surface area contributed by atoms with Crippen molar-refractivity contribution in [2.45, 2.75) is 13.3 Å². The molecule has 0 radical (unpaired) electrons. The highest BCUT2D eigenvalue weighted by molar-refractivity contribution is 6.06. The zero-order valence-corrected chi connectivity index (χ0v) is 8.16. The van der Waals surface area contributed by atoms with Gasteiger partial charge in [0, 0.05) is 12.0 Å². The molecule has 1 aliphatic carbocycles. The maximum Gasteiger partial charge on any atom is 0.162 e. The van der Waals surface area contributed by atoms with Crippen molar-refractivity contribution in [3.8, 4) is 0 Å². The topological polar surface area (TPSA) is 17.1 Å². The van der Waals surface area contributed by atoms with E-state index < -0.39 is 0 Å². The van der Waals surface area contributed by atoms with E-state index in [1.54, 1.807) is 0 Å². The summed E-state index contributed by atoms with van der Waals surface area (Å²) >= 11 is 0. The molecule has 0 amide bonds. The van der Waals surface area contributed by atoms with Gasteiger partial charge in [-0.3, -0.25) is 4.79 Å². The maximum absolute atomic E-state index is 11.5. The monoisotopic (exact) mass is 184 g/mol. The minimum Gasteiger partial charge on any atom is -0.294 e. The van der Waals surface area contributed by atoms with E-state index in [0.29, 0.717) is 6.42 Å². The molecule has 0 saturated carbocycles. The number of allylic oxidation sites excluding steroid dienone is 4. The molecule has 0 atom stereocenters. The van der Waals surface area contributed by atoms with E-state index >= 15 is 0 Å². The summed E-state index contributed by atoms with van der Waals surface area (Å²) in [5, 5.41) is 0. The highest BCUT2D eigenvalue weighted by Crippen LogP contribution is 2.24. The first-order valence-electron chi connectivity index (χ1n) is 4.75. The molecule has 14 heavy (non-hydrogen) atoms. The van der Waals surface area contributed by atoms with Gasteiger partial charge >= 0.3 is 0 Å². The van der Waals surface area contributed by atoms with Crippen LogP contribution in [0.2, 0.25) is 0 Å². The Morgan fingerprint density at radius 2 is 1.86 bits per heavy atom. The molecule has 70 valence electrons. The van der Waals surface area contributed by atoms with Crippen LogP contribution in [0.4, 0.5) is 0 Å². The van der Waals surface area contributed by atoms with Crippen molar-refractivity contribution >= 4 is 11.4 Å². The fraction of sp³-hybridized carbons (Fsp3) is 0.154. The molecular formula is C13H12O. The molecule has 2 rings (SSSR count). The van der Waals surface area contributed by atoms with Gasteiger partial charge in [-0.25, -0.2) is 0 Å². The number of hydrogen-bond acceptors (Lipinski definition) is 1. The Balaban J connectivity index is 2.49. The van der Waals surface area contributed by atoms with Crippen LogP contribution < -0.4 is 0 Å². The largest absolute Gasteiger partial charge is 0.294 e. The summed E-state index contributed by atoms with van der Waals surface area (Å²) in [7, 11) is 0. The van der Waals surface area contributed by atoms with Crippen LogP contribution >= 0.6 is 0 Å². The molecule has 1 heteroatoms. The van der Waals surface area contributed by atoms with E-state index in [1.807, 2.05) is 49.4 Å². The third-order valence-electron chi connectivity index (χ3n) is 2.49. The lowest BCUT2D eigenvalue weighted by molar-refractivity contribution is -0.114. The smallest absolute Gasteiger partial charge is 0.162 e. The van der Waals surface area contributed by atoms with Gasteiger partial charge in [-0.1, -0.05) is 42.5 Å². The van der Waals surface area contributed by atoms with Gasteiger partial charge in [-0.15, -0.1) is 0 Å². The summed E-state index contributed by atoms with van der Waals surface area (Å²) in [5.74, 6) is 0.228. The van der Waals surface area contributed by atoms with Crippen LogP contribution in [0.5, 0.6) is 0 Å². The van der Waals surface area contributed by atoms with Crippen molar-refractivity contribution in [2.75, 3.05) is 0 Å². The Kier molecular flexibility index (Phi) is 2.32. The summed E-state index contributed by atoms with van der Waals surface area (Å²) in [6, 6.07) is 10.0. The zero-order valence-electron chi connectivity index (χ0n) is 8.16. The Bertz CT molecular complexity index is 410. The number of ketones is 1. The van der Waals surface area contributed by atoms with Crippen LogP contribution in [0, 0.1) is 0 Å². The third-order valence-corrected chi connectivity index (χ3v) is 2.49. The molecule has 0 heterocycles. The lowest BCUT2D eigenvalue weighted by atomic mass is 9.93. The minimum atomic E-state index is 0.228. The highest BCUT2D eigenvalue weighted by Gasteiger charge is 2.12. The molecule has 0 spiro atoms. The molecule has 0 N–H and O–H groups in total. The van der Waals surface area contributed by atoms with Crippen LogP contribution in [-0.4, -0.2) is 5.78 Å². The average molecular weight is 184 g/mol. The second kappa shape index (κ2) is 3.62. The van der Waals surface area contributed by atoms with E-state index in [0.717, 1.165) is 16.7 Å². The molecule has 0 aromatic heterocycles. The maximum atomic E-state index is 11.5. The standard InChI is InChI=1S/C13H12O/c1-10-12(8-5-9-13(10)14)11-6-3-2-4-7-11/h2-8H,9H2,1H3. The molecular weight excluding hydrogens is 172 g/mol. The molecule has 1 aliphatic rings. The number of rotatable bonds is 1. The normalized spacial score (nSPS) is 16.2. The minimum absolute atomic E-state index is 0.228. The average Bonchev–Trinajstić information content (AvgIpc) is 2.23. The number of carbonyl (C=O) groups excluding carboxylic acids is 1. The lowest BCUT2D eigenvalue weighted by Crippen LogP contribution is -2.04. The second-order valence-electron chi connectivity index (χ2n) is 3.43. The summed E-state index contributed by atoms with van der Waals surface area (Å²) in [6.07, 6.45) is 4.51. The van der Waals surface area contributed by atoms with Crippen LogP contribution in [0.15, 0.2) is 48.1 Å². The van der Waals surface area contributed by atoms with Crippen molar-refractivity contribution in [1.82, 2.24) is 0 Å². The quantitative estimate of drug-likeness (QED) is 0.655. The zero-order chi connectivity index (χ0) is 9.97. The molecule has 1 aromatic rings. The predicted molar refractivity (Wildman–Crippen MR) is 57.8 cm³/mol. The van der Waals surface area contributed by atoms with E-state index in [2.05, 4.69) is 0 Å². The first-order valence-corrected chi connectivity index (χ1v) is 4.75. The van der Waals surface area contributed by atoms with Crippen LogP contribution in [0.25, 0.3) is 5.57 Å². The number of Topliss-reactive ketones (excluding diaryl/α,β-unsaturated/α-hetero) is 1. The number of benzene rings is 1. The highest BCUT2D eigenvalue weighted by atomic mass is 16.1. The van der Waals surface area contributed by atoms with Crippen molar-refractivity contribution in [1.29, 1.82) is 0 Å². The van der Waals surface area contributed by atoms with Crippen molar-refractivity contribution in [3.05, 3.63) is 53.6 Å². The first-order chi connectivity index (χ1) is 6.79. The second-order valence-corrected chi connectivity index (χ2v) is 3.43. The molecule has 0 saturated heterocycles. The summed E-state index contributed by atoms with van der Waals surface area (Å²) in [6.45, 7) is 1.90. The Morgan fingerprint density at radius 3 is 2.57 bits per heavy atom. The molecule has 0 bridgehead atoms. The van der Waals surface area contributed by atoms with Crippen LogP contribution in [0.1, 0.15) is 18.9 Å². The molecule has 0 aliphatic heterocycles. The molecule has 1 nitrogen and oxygen atoms in total. The Hall–Kier alpha value is -1.63. The van der Waals surface area contributed by atoms with Crippen molar-refractivity contribution < 1.29 is 4.79 Å². The Morgan fingerprint density at radius 1 is 1.14 bits per heavy atom. The first kappa shape index (κ1) is 8.95. The van der Waals surface area contributed by atoms with E-state index in [9.17, 15) is 4.79 Å². The molecule has 0 fully saturated rings. The third kappa shape index (κ3) is 1.53. The van der Waals surface area contributed by atoms with Gasteiger partial charge in [-0.2, -0.15) is 0 Å². The van der Waals surface area contributed by atoms with Crippen molar-refractivity contribution in [2.24, 2.45) is 0 Å². The fourth-order valence-electron chi connectivity index (χ4n) is 1.64. The predicted octanol–water partition coefficient (Wildman–Crippen LogP) is 2.99. The van der Waals surface area contributed by atoms with Gasteiger partial charge in [0.2, 0.25) is 0 Å².